The number of esters is 1. The van der Waals surface area contributed by atoms with Crippen molar-refractivity contribution in [1.29, 1.82) is 0 Å². The van der Waals surface area contributed by atoms with E-state index in [2.05, 4.69) is 10.1 Å². The summed E-state index contributed by atoms with van der Waals surface area (Å²) >= 11 is 1.42. The maximum Gasteiger partial charge on any atom is 0.308 e. The molecule has 2 heterocycles. The van der Waals surface area contributed by atoms with Crippen molar-refractivity contribution in [1.82, 2.24) is 14.8 Å². The van der Waals surface area contributed by atoms with Gasteiger partial charge in [0.25, 0.3) is 11.1 Å². The van der Waals surface area contributed by atoms with E-state index in [1.54, 1.807) is 25.7 Å². The molecular formula is C19H19N3O6S. The number of hydrogen-bond acceptors (Lipinski definition) is 8. The zero-order chi connectivity index (χ0) is 20.8. The van der Waals surface area contributed by atoms with Gasteiger partial charge in [-0.3, -0.25) is 19.5 Å². The highest BCUT2D eigenvalue weighted by atomic mass is 32.1. The largest absolute Gasteiger partial charge is 0.493 e. The molecule has 0 saturated carbocycles. The highest BCUT2D eigenvalue weighted by molar-refractivity contribution is 7.13. The zero-order valence-corrected chi connectivity index (χ0v) is 16.7. The molecule has 1 aromatic carbocycles. The van der Waals surface area contributed by atoms with E-state index in [1.807, 2.05) is 12.1 Å². The lowest BCUT2D eigenvalue weighted by Crippen LogP contribution is -2.29. The van der Waals surface area contributed by atoms with Crippen LogP contribution in [0.15, 0.2) is 45.3 Å². The summed E-state index contributed by atoms with van der Waals surface area (Å²) in [7, 11) is 3.13. The summed E-state index contributed by atoms with van der Waals surface area (Å²) in [5.74, 6) is 0.727. The predicted octanol–water partition coefficient (Wildman–Crippen LogP) is 1.81. The second-order valence-electron chi connectivity index (χ2n) is 5.92. The number of aromatic amines is 1. The van der Waals surface area contributed by atoms with Crippen LogP contribution in [0.3, 0.4) is 0 Å². The highest BCUT2D eigenvalue weighted by Gasteiger charge is 2.11. The van der Waals surface area contributed by atoms with Gasteiger partial charge >= 0.3 is 5.97 Å². The number of nitrogens with zero attached hydrogens (tertiary/aromatic N) is 2. The molecule has 152 valence electrons. The summed E-state index contributed by atoms with van der Waals surface area (Å²) in [5.41, 5.74) is 0.663. The number of aromatic nitrogens is 3. The van der Waals surface area contributed by atoms with E-state index in [9.17, 15) is 14.4 Å². The molecule has 10 heteroatoms. The number of carbonyl (C=O) groups excluding carboxylic acids is 1. The Labute approximate surface area is 169 Å². The summed E-state index contributed by atoms with van der Waals surface area (Å²) in [6, 6.07) is 7.77. The second kappa shape index (κ2) is 9.20. The van der Waals surface area contributed by atoms with Crippen LogP contribution >= 0.6 is 11.3 Å². The van der Waals surface area contributed by atoms with Crippen LogP contribution in [0.5, 0.6) is 11.5 Å². The fraction of sp³-hybridized carbons (Fsp3) is 0.263. The highest BCUT2D eigenvalue weighted by Crippen LogP contribution is 2.33. The molecule has 0 saturated heterocycles. The molecule has 3 aromatic rings. The Balaban J connectivity index is 1.57. The first kappa shape index (κ1) is 20.3. The molecule has 0 aliphatic heterocycles. The van der Waals surface area contributed by atoms with Gasteiger partial charge in [0.15, 0.2) is 11.5 Å². The van der Waals surface area contributed by atoms with Crippen LogP contribution < -0.4 is 20.6 Å². The number of nitrogens with one attached hydrogen (secondary N) is 1. The lowest BCUT2D eigenvalue weighted by molar-refractivity contribution is -0.145. The minimum absolute atomic E-state index is 0.0167. The molecule has 0 bridgehead atoms. The summed E-state index contributed by atoms with van der Waals surface area (Å²) < 4.78 is 16.8. The van der Waals surface area contributed by atoms with Crippen molar-refractivity contribution < 1.29 is 19.0 Å². The van der Waals surface area contributed by atoms with Crippen molar-refractivity contribution in [3.8, 4) is 22.1 Å². The third-order valence-corrected chi connectivity index (χ3v) is 4.93. The molecule has 0 spiro atoms. The quantitative estimate of drug-likeness (QED) is 0.556. The fourth-order valence-electron chi connectivity index (χ4n) is 2.53. The van der Waals surface area contributed by atoms with E-state index >= 15 is 0 Å². The molecule has 0 aliphatic rings. The third-order valence-electron chi connectivity index (χ3n) is 3.99. The van der Waals surface area contributed by atoms with Gasteiger partial charge in [0.05, 0.1) is 32.9 Å². The van der Waals surface area contributed by atoms with E-state index in [1.165, 1.54) is 11.3 Å². The Hall–Kier alpha value is -3.40. The summed E-state index contributed by atoms with van der Waals surface area (Å²) in [6.45, 7) is 0.0462. The number of ether oxygens (including phenoxy) is 3. The number of thiazole rings is 1. The van der Waals surface area contributed by atoms with Gasteiger partial charge < -0.3 is 14.2 Å². The first-order chi connectivity index (χ1) is 14.0. The fourth-order valence-corrected chi connectivity index (χ4v) is 3.33. The molecule has 1 N–H and O–H groups in total. The van der Waals surface area contributed by atoms with E-state index < -0.39 is 17.1 Å². The second-order valence-corrected chi connectivity index (χ2v) is 6.78. The molecule has 0 fully saturated rings. The predicted molar refractivity (Wildman–Crippen MR) is 106 cm³/mol. The lowest BCUT2D eigenvalue weighted by atomic mass is 10.2. The minimum atomic E-state index is -0.498. The average molecular weight is 417 g/mol. The van der Waals surface area contributed by atoms with Crippen LogP contribution in [-0.4, -0.2) is 35.0 Å². The van der Waals surface area contributed by atoms with Gasteiger partial charge in [-0.15, -0.1) is 11.3 Å². The number of H-pyrrole nitrogens is 1. The number of methoxy groups -OCH3 is 2. The Bertz CT molecular complexity index is 1120. The van der Waals surface area contributed by atoms with Gasteiger partial charge in [-0.25, -0.2) is 9.67 Å². The van der Waals surface area contributed by atoms with Crippen LogP contribution in [0.2, 0.25) is 0 Å². The molecule has 2 aromatic heterocycles. The maximum atomic E-state index is 11.9. The number of aryl methyl sites for hydroxylation is 1. The van der Waals surface area contributed by atoms with Crippen LogP contribution in [0.25, 0.3) is 10.6 Å². The Morgan fingerprint density at radius 1 is 1.14 bits per heavy atom. The first-order valence-corrected chi connectivity index (χ1v) is 9.50. The van der Waals surface area contributed by atoms with Gasteiger partial charge in [-0.2, -0.15) is 0 Å². The van der Waals surface area contributed by atoms with Crippen molar-refractivity contribution >= 4 is 17.3 Å². The Kier molecular flexibility index (Phi) is 6.45. The van der Waals surface area contributed by atoms with Crippen LogP contribution in [0.4, 0.5) is 0 Å². The van der Waals surface area contributed by atoms with E-state index in [0.717, 1.165) is 27.4 Å². The van der Waals surface area contributed by atoms with E-state index in [0.29, 0.717) is 17.2 Å². The molecular weight excluding hydrogens is 398 g/mol. The van der Waals surface area contributed by atoms with Crippen LogP contribution in [-0.2, 0) is 22.7 Å². The Morgan fingerprint density at radius 3 is 2.69 bits per heavy atom. The maximum absolute atomic E-state index is 11.9. The van der Waals surface area contributed by atoms with Gasteiger partial charge in [-0.1, -0.05) is 0 Å². The van der Waals surface area contributed by atoms with Crippen molar-refractivity contribution in [2.75, 3.05) is 14.2 Å². The smallest absolute Gasteiger partial charge is 0.308 e. The summed E-state index contributed by atoms with van der Waals surface area (Å²) in [4.78, 5) is 39.2. The lowest BCUT2D eigenvalue weighted by Gasteiger charge is -2.08. The number of rotatable bonds is 8. The molecule has 9 nitrogen and oxygen atoms in total. The van der Waals surface area contributed by atoms with Gasteiger partial charge in [0.2, 0.25) is 0 Å². The number of benzene rings is 1. The van der Waals surface area contributed by atoms with Gasteiger partial charge in [-0.05, 0) is 18.2 Å². The van der Waals surface area contributed by atoms with Gasteiger partial charge in [0.1, 0.15) is 11.6 Å². The van der Waals surface area contributed by atoms with Crippen LogP contribution in [0, 0.1) is 0 Å². The monoisotopic (exact) mass is 417 g/mol. The van der Waals surface area contributed by atoms with Crippen molar-refractivity contribution in [2.24, 2.45) is 0 Å². The van der Waals surface area contributed by atoms with Crippen molar-refractivity contribution in [3.63, 3.8) is 0 Å². The molecule has 0 aliphatic carbocycles. The molecule has 3 rings (SSSR count). The summed E-state index contributed by atoms with van der Waals surface area (Å²) in [5, 5.41) is 4.91. The minimum Gasteiger partial charge on any atom is -0.493 e. The van der Waals surface area contributed by atoms with E-state index in [4.69, 9.17) is 14.2 Å². The zero-order valence-electron chi connectivity index (χ0n) is 15.8. The molecule has 0 unspecified atom stereocenters. The topological polar surface area (TPSA) is 113 Å². The first-order valence-electron chi connectivity index (χ1n) is 8.62. The molecule has 29 heavy (non-hydrogen) atoms. The standard InChI is InChI=1S/C19H19N3O6S/c1-26-14-4-3-12(9-15(14)27-2)19-20-13(11-29-19)10-28-18(25)7-8-22-17(24)6-5-16(23)21-22/h3-6,9,11H,7-8,10H2,1-2H3,(H,21,23). The van der Waals surface area contributed by atoms with Gasteiger partial charge in [0, 0.05) is 23.1 Å². The SMILES string of the molecule is COc1ccc(-c2nc(COC(=O)CCn3[nH]c(=O)ccc3=O)cs2)cc1OC. The molecule has 0 atom stereocenters. The average Bonchev–Trinajstić information content (AvgIpc) is 3.21. The normalized spacial score (nSPS) is 10.6. The molecule has 0 radical (unpaired) electrons. The third kappa shape index (κ3) is 5.11. The number of hydrogen-bond donors (Lipinski definition) is 1. The van der Waals surface area contributed by atoms with Crippen LogP contribution in [0.1, 0.15) is 12.1 Å². The Morgan fingerprint density at radius 2 is 1.93 bits per heavy atom. The molecule has 0 amide bonds. The van der Waals surface area contributed by atoms with E-state index in [-0.39, 0.29) is 19.6 Å². The summed E-state index contributed by atoms with van der Waals surface area (Å²) in [6.07, 6.45) is -0.0491. The van der Waals surface area contributed by atoms with Crippen molar-refractivity contribution in [2.45, 2.75) is 19.6 Å². The van der Waals surface area contributed by atoms with Crippen molar-refractivity contribution in [3.05, 3.63) is 62.1 Å². The number of carbonyl (C=O) groups is 1.